The van der Waals surface area contributed by atoms with Gasteiger partial charge in [0.05, 0.1) is 7.11 Å². The monoisotopic (exact) mass is 380 g/mol. The van der Waals surface area contributed by atoms with Gasteiger partial charge >= 0.3 is 5.97 Å². The third kappa shape index (κ3) is 4.17. The number of ether oxygens (including phenoxy) is 1. The first-order valence-corrected chi connectivity index (χ1v) is 9.27. The fourth-order valence-electron chi connectivity index (χ4n) is 3.39. The smallest absolute Gasteiger partial charge is 0.323 e. The van der Waals surface area contributed by atoms with Crippen molar-refractivity contribution < 1.29 is 19.4 Å². The van der Waals surface area contributed by atoms with Gasteiger partial charge in [-0.2, -0.15) is 0 Å². The largest absolute Gasteiger partial charge is 0.497 e. The second-order valence-electron chi connectivity index (χ2n) is 6.55. The summed E-state index contributed by atoms with van der Waals surface area (Å²) in [4.78, 5) is 28.3. The van der Waals surface area contributed by atoms with Gasteiger partial charge in [0, 0.05) is 29.6 Å². The molecule has 0 spiro atoms. The lowest BCUT2D eigenvalue weighted by molar-refractivity contribution is -0.144. The zero-order chi connectivity index (χ0) is 20.1. The van der Waals surface area contributed by atoms with Crippen LogP contribution in [0.15, 0.2) is 48.5 Å². The SMILES string of the molecule is CCN(CC(=O)O)C(=O)CCc1c(-c2ccc(OC)cc2)[nH]c2ccccc12. The lowest BCUT2D eigenvalue weighted by Crippen LogP contribution is -2.35. The highest BCUT2D eigenvalue weighted by molar-refractivity contribution is 5.91. The minimum atomic E-state index is -0.999. The Labute approximate surface area is 163 Å². The predicted octanol–water partition coefficient (Wildman–Crippen LogP) is 3.71. The number of carboxylic acid groups (broad SMARTS) is 1. The summed E-state index contributed by atoms with van der Waals surface area (Å²) in [6, 6.07) is 15.8. The number of aliphatic carboxylic acids is 1. The number of aromatic amines is 1. The normalized spacial score (nSPS) is 10.8. The third-order valence-corrected chi connectivity index (χ3v) is 4.84. The van der Waals surface area contributed by atoms with Crippen molar-refractivity contribution >= 4 is 22.8 Å². The minimum absolute atomic E-state index is 0.157. The van der Waals surface area contributed by atoms with E-state index in [2.05, 4.69) is 4.98 Å². The zero-order valence-electron chi connectivity index (χ0n) is 16.1. The number of carbonyl (C=O) groups excluding carboxylic acids is 1. The van der Waals surface area contributed by atoms with E-state index < -0.39 is 5.97 Å². The Kier molecular flexibility index (Phi) is 5.99. The van der Waals surface area contributed by atoms with Crippen molar-refractivity contribution in [2.24, 2.45) is 0 Å². The zero-order valence-corrected chi connectivity index (χ0v) is 16.1. The van der Waals surface area contributed by atoms with Crippen LogP contribution in [0.3, 0.4) is 0 Å². The summed E-state index contributed by atoms with van der Waals surface area (Å²) in [5.74, 6) is -0.374. The van der Waals surface area contributed by atoms with Crippen LogP contribution in [0.1, 0.15) is 18.9 Å². The van der Waals surface area contributed by atoms with E-state index in [1.165, 1.54) is 4.90 Å². The lowest BCUT2D eigenvalue weighted by Gasteiger charge is -2.18. The van der Waals surface area contributed by atoms with Crippen molar-refractivity contribution in [2.45, 2.75) is 19.8 Å². The Hall–Kier alpha value is -3.28. The van der Waals surface area contributed by atoms with Crippen molar-refractivity contribution in [3.63, 3.8) is 0 Å². The third-order valence-electron chi connectivity index (χ3n) is 4.84. The second-order valence-corrected chi connectivity index (χ2v) is 6.55. The summed E-state index contributed by atoms with van der Waals surface area (Å²) in [5.41, 5.74) is 4.05. The number of nitrogens with one attached hydrogen (secondary N) is 1. The number of aromatic nitrogens is 1. The molecule has 0 atom stereocenters. The molecule has 1 amide bonds. The fourth-order valence-corrected chi connectivity index (χ4v) is 3.39. The number of methoxy groups -OCH3 is 1. The van der Waals surface area contributed by atoms with Gasteiger partial charge < -0.3 is 19.7 Å². The number of likely N-dealkylation sites (N-methyl/N-ethyl adjacent to an activating group) is 1. The van der Waals surface area contributed by atoms with E-state index in [1.807, 2.05) is 48.5 Å². The van der Waals surface area contributed by atoms with Crippen molar-refractivity contribution in [1.82, 2.24) is 9.88 Å². The van der Waals surface area contributed by atoms with Crippen molar-refractivity contribution in [1.29, 1.82) is 0 Å². The summed E-state index contributed by atoms with van der Waals surface area (Å²) < 4.78 is 5.24. The summed E-state index contributed by atoms with van der Waals surface area (Å²) >= 11 is 0. The number of rotatable bonds is 8. The predicted molar refractivity (Wildman–Crippen MR) is 108 cm³/mol. The molecule has 0 saturated heterocycles. The van der Waals surface area contributed by atoms with Gasteiger partial charge in [0.2, 0.25) is 5.91 Å². The molecule has 1 aromatic heterocycles. The van der Waals surface area contributed by atoms with Crippen LogP contribution >= 0.6 is 0 Å². The number of benzene rings is 2. The van der Waals surface area contributed by atoms with Crippen LogP contribution in [0.25, 0.3) is 22.2 Å². The van der Waals surface area contributed by atoms with Crippen LogP contribution in [0, 0.1) is 0 Å². The first-order valence-electron chi connectivity index (χ1n) is 9.27. The Morgan fingerprint density at radius 1 is 1.11 bits per heavy atom. The molecule has 3 rings (SSSR count). The molecule has 6 nitrogen and oxygen atoms in total. The lowest BCUT2D eigenvalue weighted by atomic mass is 10.0. The molecule has 0 aliphatic rings. The molecule has 0 unspecified atom stereocenters. The number of H-pyrrole nitrogens is 1. The van der Waals surface area contributed by atoms with E-state index in [9.17, 15) is 9.59 Å². The van der Waals surface area contributed by atoms with E-state index in [4.69, 9.17) is 9.84 Å². The molecule has 28 heavy (non-hydrogen) atoms. The maximum absolute atomic E-state index is 12.5. The van der Waals surface area contributed by atoms with E-state index >= 15 is 0 Å². The summed E-state index contributed by atoms with van der Waals surface area (Å²) in [6.45, 7) is 1.90. The molecule has 6 heteroatoms. The van der Waals surface area contributed by atoms with Crippen LogP contribution in [0.4, 0.5) is 0 Å². The standard InChI is InChI=1S/C22H24N2O4/c1-3-24(14-21(26)27)20(25)13-12-18-17-6-4-5-7-19(17)23-22(18)15-8-10-16(28-2)11-9-15/h4-11,23H,3,12-14H2,1-2H3,(H,26,27). The molecule has 0 saturated carbocycles. The van der Waals surface area contributed by atoms with Crippen LogP contribution in [-0.4, -0.2) is 47.1 Å². The molecular formula is C22H24N2O4. The van der Waals surface area contributed by atoms with Gasteiger partial charge in [-0.25, -0.2) is 0 Å². The molecule has 2 N–H and O–H groups in total. The number of carboxylic acids is 1. The fraction of sp³-hybridized carbons (Fsp3) is 0.273. The average molecular weight is 380 g/mol. The summed E-state index contributed by atoms with van der Waals surface area (Å²) in [5, 5.41) is 10.1. The number of hydrogen-bond donors (Lipinski definition) is 2. The summed E-state index contributed by atoms with van der Waals surface area (Å²) in [7, 11) is 1.63. The number of para-hydroxylation sites is 1. The van der Waals surface area contributed by atoms with Gasteiger partial charge in [-0.05, 0) is 54.8 Å². The molecular weight excluding hydrogens is 356 g/mol. The maximum atomic E-state index is 12.5. The van der Waals surface area contributed by atoms with Gasteiger partial charge in [-0.15, -0.1) is 0 Å². The van der Waals surface area contributed by atoms with Crippen LogP contribution < -0.4 is 4.74 Å². The second kappa shape index (κ2) is 8.61. The van der Waals surface area contributed by atoms with Crippen LogP contribution in [0.5, 0.6) is 5.75 Å². The molecule has 1 heterocycles. The van der Waals surface area contributed by atoms with Crippen molar-refractivity contribution in [2.75, 3.05) is 20.2 Å². The minimum Gasteiger partial charge on any atom is -0.497 e. The number of amides is 1. The number of carbonyl (C=O) groups is 2. The van der Waals surface area contributed by atoms with Crippen LogP contribution in [-0.2, 0) is 16.0 Å². The van der Waals surface area contributed by atoms with Crippen LogP contribution in [0.2, 0.25) is 0 Å². The number of nitrogens with zero attached hydrogens (tertiary/aromatic N) is 1. The molecule has 0 bridgehead atoms. The molecule has 3 aromatic rings. The Bertz CT molecular complexity index is 976. The Morgan fingerprint density at radius 3 is 2.46 bits per heavy atom. The molecule has 0 radical (unpaired) electrons. The van der Waals surface area contributed by atoms with Crippen molar-refractivity contribution in [3.8, 4) is 17.0 Å². The van der Waals surface area contributed by atoms with Gasteiger partial charge in [0.1, 0.15) is 12.3 Å². The molecule has 2 aromatic carbocycles. The topological polar surface area (TPSA) is 82.6 Å². The van der Waals surface area contributed by atoms with E-state index in [0.717, 1.165) is 33.5 Å². The molecule has 0 aliphatic heterocycles. The number of aryl methyl sites for hydroxylation is 1. The number of fused-ring (bicyclic) bond motifs is 1. The van der Waals surface area contributed by atoms with Crippen molar-refractivity contribution in [3.05, 3.63) is 54.1 Å². The molecule has 0 fully saturated rings. The molecule has 146 valence electrons. The average Bonchev–Trinajstić information content (AvgIpc) is 3.08. The quantitative estimate of drug-likeness (QED) is 0.624. The summed E-state index contributed by atoms with van der Waals surface area (Å²) in [6.07, 6.45) is 0.784. The van der Waals surface area contributed by atoms with E-state index in [1.54, 1.807) is 14.0 Å². The highest BCUT2D eigenvalue weighted by Gasteiger charge is 2.18. The Morgan fingerprint density at radius 2 is 1.82 bits per heavy atom. The van der Waals surface area contributed by atoms with Gasteiger partial charge in [0.15, 0.2) is 0 Å². The van der Waals surface area contributed by atoms with Gasteiger partial charge in [-0.3, -0.25) is 9.59 Å². The first-order chi connectivity index (χ1) is 13.5. The highest BCUT2D eigenvalue weighted by Crippen LogP contribution is 2.32. The van der Waals surface area contributed by atoms with E-state index in [-0.39, 0.29) is 18.9 Å². The van der Waals surface area contributed by atoms with Gasteiger partial charge in [-0.1, -0.05) is 18.2 Å². The first kappa shape index (κ1) is 19.5. The maximum Gasteiger partial charge on any atom is 0.323 e. The highest BCUT2D eigenvalue weighted by atomic mass is 16.5. The Balaban J connectivity index is 1.90. The molecule has 0 aliphatic carbocycles. The van der Waals surface area contributed by atoms with Gasteiger partial charge in [0.25, 0.3) is 0 Å². The number of hydrogen-bond acceptors (Lipinski definition) is 3. The van der Waals surface area contributed by atoms with E-state index in [0.29, 0.717) is 13.0 Å².